The number of rotatable bonds is 5. The van der Waals surface area contributed by atoms with Crippen LogP contribution in [-0.2, 0) is 13.6 Å². The summed E-state index contributed by atoms with van der Waals surface area (Å²) in [5.74, 6) is 1.42. The van der Waals surface area contributed by atoms with Crippen LogP contribution in [0.15, 0.2) is 12.4 Å². The summed E-state index contributed by atoms with van der Waals surface area (Å²) in [6, 6.07) is 0. The van der Waals surface area contributed by atoms with Crippen LogP contribution in [0.4, 0.5) is 10.7 Å². The van der Waals surface area contributed by atoms with Crippen LogP contribution in [-0.4, -0.2) is 29.5 Å². The average Bonchev–Trinajstić information content (AvgIpc) is 2.93. The molecule has 0 saturated heterocycles. The van der Waals surface area contributed by atoms with E-state index in [1.54, 1.807) is 13.3 Å². The van der Waals surface area contributed by atoms with Gasteiger partial charge in [0, 0.05) is 33.4 Å². The first-order chi connectivity index (χ1) is 9.45. The molecule has 0 saturated carbocycles. The predicted octanol–water partition coefficient (Wildman–Crippen LogP) is 1.91. The van der Waals surface area contributed by atoms with Gasteiger partial charge in [-0.05, 0) is 0 Å². The number of aromatic nitrogens is 2. The lowest BCUT2D eigenvalue weighted by Crippen LogP contribution is -2.18. The number of carbonyl (C=O) groups excluding carboxylic acids is 1. The number of nitrogens with zero attached hydrogens (tertiary/aromatic N) is 3. The number of thiophene rings is 1. The molecule has 0 aliphatic heterocycles. The number of nitrogen functional groups attached to an aromatic ring is 1. The first-order valence-corrected chi connectivity index (χ1v) is 6.91. The highest BCUT2D eigenvalue weighted by atomic mass is 32.1. The summed E-state index contributed by atoms with van der Waals surface area (Å²) < 4.78 is 7.29. The number of carbonyl (C=O) groups is 1. The van der Waals surface area contributed by atoms with E-state index in [-0.39, 0.29) is 5.78 Å². The van der Waals surface area contributed by atoms with Crippen LogP contribution in [0, 0.1) is 0 Å². The first-order valence-electron chi connectivity index (χ1n) is 6.10. The van der Waals surface area contributed by atoms with E-state index in [9.17, 15) is 4.79 Å². The van der Waals surface area contributed by atoms with Gasteiger partial charge in [-0.15, -0.1) is 11.3 Å². The molecule has 0 aliphatic carbocycles. The zero-order valence-corrected chi connectivity index (χ0v) is 12.8. The van der Waals surface area contributed by atoms with E-state index < -0.39 is 0 Å². The Morgan fingerprint density at radius 2 is 2.30 bits per heavy atom. The average molecular weight is 294 g/mol. The van der Waals surface area contributed by atoms with Crippen molar-refractivity contribution in [1.29, 1.82) is 0 Å². The summed E-state index contributed by atoms with van der Waals surface area (Å²) in [5, 5.41) is 0.832. The molecule has 0 unspecified atom stereocenters. The lowest BCUT2D eigenvalue weighted by Gasteiger charge is -2.18. The van der Waals surface area contributed by atoms with Crippen molar-refractivity contribution in [3.8, 4) is 5.75 Å². The van der Waals surface area contributed by atoms with Gasteiger partial charge in [0.15, 0.2) is 11.5 Å². The summed E-state index contributed by atoms with van der Waals surface area (Å²) in [4.78, 5) is 18.4. The number of hydrogen-bond acceptors (Lipinski definition) is 6. The molecular weight excluding hydrogens is 276 g/mol. The minimum Gasteiger partial charge on any atom is -0.492 e. The Kier molecular flexibility index (Phi) is 3.99. The molecule has 2 aromatic heterocycles. The van der Waals surface area contributed by atoms with Crippen LogP contribution < -0.4 is 15.4 Å². The predicted molar refractivity (Wildman–Crippen MR) is 80.6 cm³/mol. The van der Waals surface area contributed by atoms with Crippen LogP contribution in [0.2, 0.25) is 0 Å². The third-order valence-electron chi connectivity index (χ3n) is 3.05. The highest BCUT2D eigenvalue weighted by Crippen LogP contribution is 2.44. The normalized spacial score (nSPS) is 10.6. The highest BCUT2D eigenvalue weighted by molar-refractivity contribution is 7.19. The standard InChI is InChI=1S/C13H18N4O2S/c1-8(18)12-10(14)11(19-4)13(20-12)17(3)7-9-15-5-6-16(9)2/h5-6H,7,14H2,1-4H3. The number of hydrogen-bond donors (Lipinski definition) is 1. The number of aryl methyl sites for hydroxylation is 1. The number of ether oxygens (including phenoxy) is 1. The van der Waals surface area contributed by atoms with Gasteiger partial charge in [-0.3, -0.25) is 4.79 Å². The van der Waals surface area contributed by atoms with Crippen LogP contribution >= 0.6 is 11.3 Å². The molecule has 2 N–H and O–H groups in total. The molecule has 0 aliphatic rings. The fourth-order valence-electron chi connectivity index (χ4n) is 1.96. The SMILES string of the molecule is COc1c(N(C)Cc2nccn2C)sc(C(C)=O)c1N. The lowest BCUT2D eigenvalue weighted by atomic mass is 10.3. The minimum absolute atomic E-state index is 0.0533. The third-order valence-corrected chi connectivity index (χ3v) is 4.45. The second kappa shape index (κ2) is 5.54. The molecule has 0 aromatic carbocycles. The van der Waals surface area contributed by atoms with Gasteiger partial charge in [-0.2, -0.15) is 0 Å². The van der Waals surface area contributed by atoms with Gasteiger partial charge in [0.05, 0.1) is 24.2 Å². The maximum absolute atomic E-state index is 11.6. The molecule has 0 amide bonds. The van der Waals surface area contributed by atoms with Gasteiger partial charge >= 0.3 is 0 Å². The topological polar surface area (TPSA) is 73.4 Å². The summed E-state index contributed by atoms with van der Waals surface area (Å²) in [5.41, 5.74) is 6.38. The Balaban J connectivity index is 2.34. The Morgan fingerprint density at radius 3 is 2.80 bits per heavy atom. The number of nitrogens with two attached hydrogens (primary N) is 1. The van der Waals surface area contributed by atoms with Crippen molar-refractivity contribution in [3.05, 3.63) is 23.1 Å². The quantitative estimate of drug-likeness (QED) is 0.853. The molecule has 0 radical (unpaired) electrons. The highest BCUT2D eigenvalue weighted by Gasteiger charge is 2.22. The smallest absolute Gasteiger partial charge is 0.177 e. The number of ketones is 1. The van der Waals surface area contributed by atoms with Crippen molar-refractivity contribution < 1.29 is 9.53 Å². The van der Waals surface area contributed by atoms with E-state index in [1.165, 1.54) is 18.3 Å². The lowest BCUT2D eigenvalue weighted by molar-refractivity contribution is 0.102. The van der Waals surface area contributed by atoms with Gasteiger partial charge in [0.25, 0.3) is 0 Å². The van der Waals surface area contributed by atoms with E-state index in [4.69, 9.17) is 10.5 Å². The maximum Gasteiger partial charge on any atom is 0.177 e. The Hall–Kier alpha value is -2.02. The minimum atomic E-state index is -0.0533. The summed E-state index contributed by atoms with van der Waals surface area (Å²) in [6.07, 6.45) is 3.65. The number of methoxy groups -OCH3 is 1. The molecule has 2 rings (SSSR count). The van der Waals surface area contributed by atoms with Gasteiger partial charge in [0.1, 0.15) is 10.8 Å². The summed E-state index contributed by atoms with van der Waals surface area (Å²) in [6.45, 7) is 2.11. The van der Waals surface area contributed by atoms with Gasteiger partial charge in [0.2, 0.25) is 0 Å². The summed E-state index contributed by atoms with van der Waals surface area (Å²) >= 11 is 1.34. The maximum atomic E-state index is 11.6. The molecule has 2 heterocycles. The molecule has 2 aromatic rings. The Bertz CT molecular complexity index is 632. The van der Waals surface area contributed by atoms with Crippen LogP contribution in [0.5, 0.6) is 5.75 Å². The zero-order valence-electron chi connectivity index (χ0n) is 12.0. The van der Waals surface area contributed by atoms with Gasteiger partial charge in [-0.25, -0.2) is 4.98 Å². The number of imidazole rings is 1. The Morgan fingerprint density at radius 1 is 1.60 bits per heavy atom. The molecule has 0 fully saturated rings. The second-order valence-electron chi connectivity index (χ2n) is 4.55. The molecule has 108 valence electrons. The summed E-state index contributed by atoms with van der Waals surface area (Å²) in [7, 11) is 5.42. The van der Waals surface area contributed by atoms with Crippen molar-refractivity contribution in [2.75, 3.05) is 24.8 Å². The third kappa shape index (κ3) is 2.49. The van der Waals surface area contributed by atoms with E-state index >= 15 is 0 Å². The van der Waals surface area contributed by atoms with Crippen molar-refractivity contribution in [2.24, 2.45) is 7.05 Å². The molecule has 20 heavy (non-hydrogen) atoms. The number of Topliss-reactive ketones (excluding diaryl/α,β-unsaturated/α-hetero) is 1. The van der Waals surface area contributed by atoms with Crippen LogP contribution in [0.3, 0.4) is 0 Å². The van der Waals surface area contributed by atoms with E-state index in [0.29, 0.717) is 22.9 Å². The van der Waals surface area contributed by atoms with Crippen molar-refractivity contribution in [2.45, 2.75) is 13.5 Å². The fourth-order valence-corrected chi connectivity index (χ4v) is 3.01. The molecule has 0 spiro atoms. The Labute approximate surface area is 121 Å². The molecule has 7 heteroatoms. The van der Waals surface area contributed by atoms with Gasteiger partial charge < -0.3 is 19.9 Å². The molecule has 0 atom stereocenters. The zero-order chi connectivity index (χ0) is 14.9. The van der Waals surface area contributed by atoms with E-state index in [2.05, 4.69) is 4.98 Å². The fraction of sp³-hybridized carbons (Fsp3) is 0.385. The van der Waals surface area contributed by atoms with Crippen molar-refractivity contribution in [3.63, 3.8) is 0 Å². The van der Waals surface area contributed by atoms with Gasteiger partial charge in [-0.1, -0.05) is 0 Å². The van der Waals surface area contributed by atoms with Crippen molar-refractivity contribution in [1.82, 2.24) is 9.55 Å². The monoisotopic (exact) mass is 294 g/mol. The largest absolute Gasteiger partial charge is 0.492 e. The first kappa shape index (κ1) is 14.4. The van der Waals surface area contributed by atoms with E-state index in [1.807, 2.05) is 29.8 Å². The molecule has 0 bridgehead atoms. The second-order valence-corrected chi connectivity index (χ2v) is 5.55. The molecule has 6 nitrogen and oxygen atoms in total. The molecular formula is C13H18N4O2S. The van der Waals surface area contributed by atoms with Crippen LogP contribution in [0.1, 0.15) is 22.4 Å². The number of anilines is 2. The van der Waals surface area contributed by atoms with Crippen molar-refractivity contribution >= 4 is 27.8 Å². The van der Waals surface area contributed by atoms with E-state index in [0.717, 1.165) is 10.8 Å². The van der Waals surface area contributed by atoms with Crippen LogP contribution in [0.25, 0.3) is 0 Å².